The molecule has 0 aliphatic carbocycles. The fourth-order valence-corrected chi connectivity index (χ4v) is 2.13. The zero-order valence-corrected chi connectivity index (χ0v) is 14.0. The third-order valence-electron chi connectivity index (χ3n) is 3.24. The fourth-order valence-electron chi connectivity index (χ4n) is 1.95. The monoisotopic (exact) mass is 363 g/mol. The number of esters is 1. The van der Waals surface area contributed by atoms with Crippen LogP contribution < -0.4 is 4.74 Å². The fraction of sp³-hybridized carbons (Fsp3) is 0.176. The number of carbonyl (C=O) groups excluding carboxylic acids is 2. The van der Waals surface area contributed by atoms with Gasteiger partial charge in [0.1, 0.15) is 5.75 Å². The molecule has 25 heavy (non-hydrogen) atoms. The van der Waals surface area contributed by atoms with Crippen LogP contribution in [0.5, 0.6) is 5.75 Å². The van der Waals surface area contributed by atoms with Crippen LogP contribution in [-0.4, -0.2) is 29.9 Å². The maximum Gasteiger partial charge on any atom is 0.344 e. The van der Waals surface area contributed by atoms with Crippen molar-refractivity contribution in [1.29, 1.82) is 0 Å². The first-order valence-electron chi connectivity index (χ1n) is 7.19. The van der Waals surface area contributed by atoms with Crippen molar-refractivity contribution in [2.45, 2.75) is 6.92 Å². The van der Waals surface area contributed by atoms with Gasteiger partial charge in [-0.3, -0.25) is 14.9 Å². The van der Waals surface area contributed by atoms with E-state index in [1.54, 1.807) is 25.1 Å². The summed E-state index contributed by atoms with van der Waals surface area (Å²) in [7, 11) is 0. The van der Waals surface area contributed by atoms with Gasteiger partial charge >= 0.3 is 5.97 Å². The Morgan fingerprint density at radius 3 is 2.60 bits per heavy atom. The summed E-state index contributed by atoms with van der Waals surface area (Å²) in [5.41, 5.74) is 0.371. The third-order valence-corrected chi connectivity index (χ3v) is 3.48. The van der Waals surface area contributed by atoms with Crippen LogP contribution >= 0.6 is 11.6 Å². The molecule has 0 spiro atoms. The van der Waals surface area contributed by atoms with Gasteiger partial charge in [0.2, 0.25) is 5.78 Å². The second kappa shape index (κ2) is 8.25. The number of nitro benzene ring substituents is 1. The number of benzene rings is 2. The number of hydrogen-bond donors (Lipinski definition) is 0. The van der Waals surface area contributed by atoms with Gasteiger partial charge in [-0.2, -0.15) is 0 Å². The van der Waals surface area contributed by atoms with Gasteiger partial charge in [0.15, 0.2) is 13.2 Å². The number of nitrogens with zero attached hydrogens (tertiary/aromatic N) is 1. The van der Waals surface area contributed by atoms with Crippen molar-refractivity contribution < 1.29 is 24.0 Å². The van der Waals surface area contributed by atoms with Crippen molar-refractivity contribution in [2.24, 2.45) is 0 Å². The van der Waals surface area contributed by atoms with Gasteiger partial charge in [-0.25, -0.2) is 4.79 Å². The number of halogens is 1. The van der Waals surface area contributed by atoms with Crippen molar-refractivity contribution in [3.05, 3.63) is 68.7 Å². The van der Waals surface area contributed by atoms with Crippen LogP contribution in [0.2, 0.25) is 5.02 Å². The second-order valence-electron chi connectivity index (χ2n) is 5.09. The molecule has 0 fully saturated rings. The van der Waals surface area contributed by atoms with Gasteiger partial charge in [0, 0.05) is 22.2 Å². The predicted molar refractivity (Wildman–Crippen MR) is 90.1 cm³/mol. The highest BCUT2D eigenvalue weighted by molar-refractivity contribution is 6.30. The molecule has 2 aromatic carbocycles. The van der Waals surface area contributed by atoms with Gasteiger partial charge in [-0.15, -0.1) is 0 Å². The van der Waals surface area contributed by atoms with Crippen LogP contribution in [0, 0.1) is 17.0 Å². The average molecular weight is 364 g/mol. The number of ether oxygens (including phenoxy) is 2. The van der Waals surface area contributed by atoms with Gasteiger partial charge in [-0.1, -0.05) is 29.8 Å². The normalized spacial score (nSPS) is 10.2. The highest BCUT2D eigenvalue weighted by Crippen LogP contribution is 2.20. The van der Waals surface area contributed by atoms with E-state index in [0.717, 1.165) is 6.07 Å². The van der Waals surface area contributed by atoms with E-state index in [2.05, 4.69) is 0 Å². The van der Waals surface area contributed by atoms with E-state index in [0.29, 0.717) is 16.3 Å². The molecule has 0 unspecified atom stereocenters. The number of carbonyl (C=O) groups is 2. The summed E-state index contributed by atoms with van der Waals surface area (Å²) in [6.45, 7) is 0.652. The van der Waals surface area contributed by atoms with Gasteiger partial charge in [0.05, 0.1) is 4.92 Å². The molecular weight excluding hydrogens is 350 g/mol. The Hall–Kier alpha value is -2.93. The maximum atomic E-state index is 12.0. The van der Waals surface area contributed by atoms with Crippen LogP contribution in [0.15, 0.2) is 42.5 Å². The van der Waals surface area contributed by atoms with Crippen LogP contribution in [0.3, 0.4) is 0 Å². The van der Waals surface area contributed by atoms with Crippen molar-refractivity contribution in [2.75, 3.05) is 13.2 Å². The molecule has 0 amide bonds. The molecule has 0 atom stereocenters. The predicted octanol–water partition coefficient (Wildman–Crippen LogP) is 3.36. The molecular formula is C17H14ClNO6. The number of ketones is 1. The second-order valence-corrected chi connectivity index (χ2v) is 5.52. The number of aryl methyl sites for hydroxylation is 1. The van der Waals surface area contributed by atoms with E-state index in [1.165, 1.54) is 18.2 Å². The summed E-state index contributed by atoms with van der Waals surface area (Å²) in [6, 6.07) is 10.6. The lowest BCUT2D eigenvalue weighted by molar-refractivity contribution is -0.385. The molecule has 0 heterocycles. The maximum absolute atomic E-state index is 12.0. The van der Waals surface area contributed by atoms with E-state index < -0.39 is 23.3 Å². The molecule has 0 aliphatic heterocycles. The molecule has 130 valence electrons. The lowest BCUT2D eigenvalue weighted by Crippen LogP contribution is -2.19. The minimum Gasteiger partial charge on any atom is -0.482 e. The molecule has 0 saturated carbocycles. The summed E-state index contributed by atoms with van der Waals surface area (Å²) in [5.74, 6) is -0.890. The van der Waals surface area contributed by atoms with Gasteiger partial charge in [-0.05, 0) is 25.1 Å². The number of Topliss-reactive ketones (excluding diaryl/α,β-unsaturated/α-hetero) is 1. The largest absolute Gasteiger partial charge is 0.482 e. The molecule has 0 bridgehead atoms. The highest BCUT2D eigenvalue weighted by Gasteiger charge is 2.16. The summed E-state index contributed by atoms with van der Waals surface area (Å²) < 4.78 is 10.0. The van der Waals surface area contributed by atoms with Crippen LogP contribution in [0.25, 0.3) is 0 Å². The Labute approximate surface area is 148 Å². The van der Waals surface area contributed by atoms with E-state index in [-0.39, 0.29) is 17.9 Å². The quantitative estimate of drug-likeness (QED) is 0.324. The Balaban J connectivity index is 1.88. The molecule has 0 aliphatic rings. The summed E-state index contributed by atoms with van der Waals surface area (Å²) in [4.78, 5) is 33.9. The minimum absolute atomic E-state index is 0.0980. The Bertz CT molecular complexity index is 821. The van der Waals surface area contributed by atoms with Crippen LogP contribution in [-0.2, 0) is 9.53 Å². The first kappa shape index (κ1) is 18.4. The van der Waals surface area contributed by atoms with Crippen molar-refractivity contribution in [1.82, 2.24) is 0 Å². The molecule has 0 aromatic heterocycles. The van der Waals surface area contributed by atoms with Gasteiger partial charge < -0.3 is 9.47 Å². The summed E-state index contributed by atoms with van der Waals surface area (Å²) >= 11 is 5.79. The zero-order chi connectivity index (χ0) is 18.4. The Kier molecular flexibility index (Phi) is 6.08. The molecule has 0 saturated heterocycles. The summed E-state index contributed by atoms with van der Waals surface area (Å²) in [6.07, 6.45) is 0. The summed E-state index contributed by atoms with van der Waals surface area (Å²) in [5, 5.41) is 11.3. The smallest absolute Gasteiger partial charge is 0.344 e. The topological polar surface area (TPSA) is 95.7 Å². The number of hydrogen-bond acceptors (Lipinski definition) is 6. The van der Waals surface area contributed by atoms with Gasteiger partial charge in [0.25, 0.3) is 5.69 Å². The first-order valence-corrected chi connectivity index (χ1v) is 7.57. The van der Waals surface area contributed by atoms with Crippen molar-refractivity contribution in [3.8, 4) is 5.75 Å². The zero-order valence-electron chi connectivity index (χ0n) is 13.2. The highest BCUT2D eigenvalue weighted by atomic mass is 35.5. The number of nitro groups is 1. The standard InChI is InChI=1S/C17H14ClNO6/c1-11-5-6-12(7-15(11)19(22)23)16(20)9-25-17(21)10-24-14-4-2-3-13(18)8-14/h2-8H,9-10H2,1H3. The van der Waals surface area contributed by atoms with E-state index >= 15 is 0 Å². The Morgan fingerprint density at radius 1 is 1.16 bits per heavy atom. The first-order chi connectivity index (χ1) is 11.9. The third kappa shape index (κ3) is 5.29. The molecule has 8 heteroatoms. The molecule has 7 nitrogen and oxygen atoms in total. The average Bonchev–Trinajstić information content (AvgIpc) is 2.58. The van der Waals surface area contributed by atoms with E-state index in [1.807, 2.05) is 0 Å². The molecule has 0 radical (unpaired) electrons. The SMILES string of the molecule is Cc1ccc(C(=O)COC(=O)COc2cccc(Cl)c2)cc1[N+](=O)[O-]. The van der Waals surface area contributed by atoms with Crippen molar-refractivity contribution >= 4 is 29.0 Å². The van der Waals surface area contributed by atoms with Crippen LogP contribution in [0.4, 0.5) is 5.69 Å². The molecule has 0 N–H and O–H groups in total. The Morgan fingerprint density at radius 2 is 1.92 bits per heavy atom. The molecule has 2 aromatic rings. The molecule has 2 rings (SSSR count). The van der Waals surface area contributed by atoms with E-state index in [9.17, 15) is 19.7 Å². The minimum atomic E-state index is -0.741. The van der Waals surface area contributed by atoms with Crippen LogP contribution in [0.1, 0.15) is 15.9 Å². The van der Waals surface area contributed by atoms with Crippen molar-refractivity contribution in [3.63, 3.8) is 0 Å². The lowest BCUT2D eigenvalue weighted by atomic mass is 10.1. The lowest BCUT2D eigenvalue weighted by Gasteiger charge is -2.07. The number of rotatable bonds is 7. The van der Waals surface area contributed by atoms with E-state index in [4.69, 9.17) is 21.1 Å².